The summed E-state index contributed by atoms with van der Waals surface area (Å²) in [6, 6.07) is -0.807. The number of aliphatic hydroxyl groups excluding tert-OH is 5. The van der Waals surface area contributed by atoms with E-state index in [1.807, 2.05) is 6.08 Å². The average molecular weight is 1130 g/mol. The van der Waals surface area contributed by atoms with Crippen LogP contribution in [0, 0.1) is 0 Å². The number of esters is 1. The van der Waals surface area contributed by atoms with E-state index in [4.69, 9.17) is 14.2 Å². The Morgan fingerprint density at radius 3 is 1.20 bits per heavy atom. The van der Waals surface area contributed by atoms with Gasteiger partial charge in [-0.1, -0.05) is 295 Å². The highest BCUT2D eigenvalue weighted by molar-refractivity contribution is 5.76. The number of carbonyl (C=O) groups excluding carboxylic acids is 2. The summed E-state index contributed by atoms with van der Waals surface area (Å²) in [6.07, 6.45) is 63.2. The molecule has 1 heterocycles. The smallest absolute Gasteiger partial charge is 0.305 e. The van der Waals surface area contributed by atoms with Gasteiger partial charge >= 0.3 is 5.97 Å². The molecule has 0 aromatic rings. The predicted octanol–water partition coefficient (Wildman–Crippen LogP) is 17.2. The molecule has 80 heavy (non-hydrogen) atoms. The molecule has 0 aliphatic carbocycles. The number of aliphatic hydroxyl groups is 5. The zero-order valence-corrected chi connectivity index (χ0v) is 52.3. The first kappa shape index (κ1) is 76.2. The lowest BCUT2D eigenvalue weighted by molar-refractivity contribution is -0.302. The van der Waals surface area contributed by atoms with E-state index in [1.165, 1.54) is 263 Å². The van der Waals surface area contributed by atoms with Crippen molar-refractivity contribution in [2.24, 2.45) is 0 Å². The number of carbonyl (C=O) groups is 2. The van der Waals surface area contributed by atoms with Gasteiger partial charge in [0.05, 0.1) is 32.0 Å². The fourth-order valence-corrected chi connectivity index (χ4v) is 11.1. The number of amides is 1. The van der Waals surface area contributed by atoms with Gasteiger partial charge < -0.3 is 45.1 Å². The Morgan fingerprint density at radius 2 is 0.800 bits per heavy atom. The molecule has 11 nitrogen and oxygen atoms in total. The third-order valence-corrected chi connectivity index (χ3v) is 16.6. The number of ether oxygens (including phenoxy) is 3. The van der Waals surface area contributed by atoms with Crippen molar-refractivity contribution >= 4 is 11.9 Å². The Hall–Kier alpha value is -1.86. The number of unbranched alkanes of at least 4 members (excludes halogenated alkanes) is 45. The molecule has 1 aliphatic rings. The number of allylic oxidation sites excluding steroid dienone is 3. The molecular formula is C69H131NO10. The Kier molecular flexibility index (Phi) is 56.1. The van der Waals surface area contributed by atoms with Gasteiger partial charge in [-0.15, -0.1) is 0 Å². The van der Waals surface area contributed by atoms with Gasteiger partial charge in [-0.2, -0.15) is 0 Å². The highest BCUT2D eigenvalue weighted by Crippen LogP contribution is 2.23. The zero-order valence-electron chi connectivity index (χ0n) is 52.3. The Morgan fingerprint density at radius 1 is 0.450 bits per heavy atom. The van der Waals surface area contributed by atoms with E-state index in [2.05, 4.69) is 31.3 Å². The third-order valence-electron chi connectivity index (χ3n) is 16.6. The third kappa shape index (κ3) is 47.5. The van der Waals surface area contributed by atoms with Gasteiger partial charge in [0, 0.05) is 12.8 Å². The second-order valence-corrected chi connectivity index (χ2v) is 24.2. The second-order valence-electron chi connectivity index (χ2n) is 24.2. The van der Waals surface area contributed by atoms with Gasteiger partial charge in [0.1, 0.15) is 24.4 Å². The van der Waals surface area contributed by atoms with Gasteiger partial charge in [-0.25, -0.2) is 0 Å². The van der Waals surface area contributed by atoms with Crippen LogP contribution in [-0.2, 0) is 23.8 Å². The van der Waals surface area contributed by atoms with Crippen LogP contribution >= 0.6 is 0 Å². The molecule has 1 fully saturated rings. The van der Waals surface area contributed by atoms with Crippen molar-refractivity contribution in [1.29, 1.82) is 0 Å². The summed E-state index contributed by atoms with van der Waals surface area (Å²) in [6.45, 7) is 4.35. The summed E-state index contributed by atoms with van der Waals surface area (Å²) < 4.78 is 16.7. The number of nitrogens with one attached hydrogen (secondary N) is 1. The molecule has 11 heteroatoms. The summed E-state index contributed by atoms with van der Waals surface area (Å²) in [4.78, 5) is 25.1. The lowest BCUT2D eigenvalue weighted by Gasteiger charge is -2.40. The van der Waals surface area contributed by atoms with E-state index in [0.717, 1.165) is 51.4 Å². The molecule has 0 aromatic carbocycles. The Balaban J connectivity index is 1.92. The van der Waals surface area contributed by atoms with E-state index < -0.39 is 49.5 Å². The van der Waals surface area contributed by atoms with Crippen LogP contribution in [0.4, 0.5) is 0 Å². The van der Waals surface area contributed by atoms with Crippen LogP contribution in [0.3, 0.4) is 0 Å². The molecular weight excluding hydrogens is 1000 g/mol. The van der Waals surface area contributed by atoms with Crippen molar-refractivity contribution in [2.75, 3.05) is 19.8 Å². The molecule has 6 N–H and O–H groups in total. The maximum absolute atomic E-state index is 13.0. The highest BCUT2D eigenvalue weighted by Gasteiger charge is 2.44. The van der Waals surface area contributed by atoms with Crippen molar-refractivity contribution in [1.82, 2.24) is 5.32 Å². The Labute approximate surface area is 492 Å². The number of hydrogen-bond donors (Lipinski definition) is 6. The first-order chi connectivity index (χ1) is 39.2. The van der Waals surface area contributed by atoms with E-state index in [1.54, 1.807) is 6.08 Å². The van der Waals surface area contributed by atoms with Crippen LogP contribution in [0.15, 0.2) is 24.3 Å². The molecule has 1 saturated heterocycles. The minimum Gasteiger partial charge on any atom is -0.466 e. The van der Waals surface area contributed by atoms with E-state index in [-0.39, 0.29) is 18.5 Å². The topological polar surface area (TPSA) is 175 Å². The summed E-state index contributed by atoms with van der Waals surface area (Å²) in [5, 5.41) is 54.3. The molecule has 0 bridgehead atoms. The zero-order chi connectivity index (χ0) is 58.0. The van der Waals surface area contributed by atoms with Gasteiger partial charge in [0.25, 0.3) is 0 Å². The molecule has 472 valence electrons. The van der Waals surface area contributed by atoms with Crippen molar-refractivity contribution in [3.8, 4) is 0 Å². The van der Waals surface area contributed by atoms with E-state index >= 15 is 0 Å². The maximum atomic E-state index is 13.0. The minimum atomic E-state index is -1.57. The van der Waals surface area contributed by atoms with E-state index in [9.17, 15) is 35.1 Å². The fraction of sp³-hybridized carbons (Fsp3) is 0.913. The van der Waals surface area contributed by atoms with Crippen LogP contribution in [-0.4, -0.2) is 100 Å². The van der Waals surface area contributed by atoms with Crippen LogP contribution in [0.2, 0.25) is 0 Å². The van der Waals surface area contributed by atoms with Crippen molar-refractivity contribution < 1.29 is 49.3 Å². The highest BCUT2D eigenvalue weighted by atomic mass is 16.7. The van der Waals surface area contributed by atoms with Gasteiger partial charge in [0.2, 0.25) is 5.91 Å². The summed E-state index contributed by atoms with van der Waals surface area (Å²) in [5.74, 6) is -0.171. The SMILES string of the molecule is CCCCCCCCC/C=C/C(O)C(COC1OC(CO)C(O)C(O)C1O)NC(=O)CCCCCCCCCCCCCCC/C=C\CCCCCCCCCCCCCCOC(=O)CCCCCCCCCCCCCCCC. The fourth-order valence-electron chi connectivity index (χ4n) is 11.1. The van der Waals surface area contributed by atoms with Crippen molar-refractivity contribution in [3.05, 3.63) is 24.3 Å². The van der Waals surface area contributed by atoms with Gasteiger partial charge in [-0.05, 0) is 57.8 Å². The van der Waals surface area contributed by atoms with Crippen molar-refractivity contribution in [3.63, 3.8) is 0 Å². The molecule has 0 saturated carbocycles. The number of rotatable bonds is 61. The Bertz CT molecular complexity index is 1380. The molecule has 0 spiro atoms. The maximum Gasteiger partial charge on any atom is 0.305 e. The average Bonchev–Trinajstić information content (AvgIpc) is 3.45. The van der Waals surface area contributed by atoms with Crippen LogP contribution in [0.5, 0.6) is 0 Å². The summed E-state index contributed by atoms with van der Waals surface area (Å²) in [7, 11) is 0. The van der Waals surface area contributed by atoms with E-state index in [0.29, 0.717) is 19.4 Å². The van der Waals surface area contributed by atoms with Gasteiger partial charge in [-0.3, -0.25) is 9.59 Å². The second kappa shape index (κ2) is 58.9. The monoisotopic (exact) mass is 1130 g/mol. The van der Waals surface area contributed by atoms with Gasteiger partial charge in [0.15, 0.2) is 6.29 Å². The molecule has 1 aliphatic heterocycles. The molecule has 7 atom stereocenters. The largest absolute Gasteiger partial charge is 0.466 e. The molecule has 1 rings (SSSR count). The summed E-state index contributed by atoms with van der Waals surface area (Å²) in [5.41, 5.74) is 0. The normalized spacial score (nSPS) is 18.4. The van der Waals surface area contributed by atoms with Crippen LogP contribution < -0.4 is 5.32 Å². The standard InChI is InChI=1S/C69H131NO10/c1-3-5-7-9-11-13-14-15-34-37-41-45-49-53-57-65(74)78-58-54-50-46-42-38-35-32-30-28-26-24-22-20-18-16-17-19-21-23-25-27-29-31-33-36-40-44-48-52-56-64(73)70-61(62(72)55-51-47-43-39-12-10-8-6-4-2)60-79-69-68(77)67(76)66(75)63(59-71)80-69/h16,18,51,55,61-63,66-69,71-72,75-77H,3-15,17,19-50,52-54,56-60H2,1-2H3,(H,70,73)/b18-16-,55-51+. The first-order valence-electron chi connectivity index (χ1n) is 34.6. The summed E-state index contributed by atoms with van der Waals surface area (Å²) >= 11 is 0. The lowest BCUT2D eigenvalue weighted by Crippen LogP contribution is -2.60. The predicted molar refractivity (Wildman–Crippen MR) is 334 cm³/mol. The quantitative estimate of drug-likeness (QED) is 0.0195. The van der Waals surface area contributed by atoms with Crippen molar-refractivity contribution in [2.45, 2.75) is 384 Å². The molecule has 1 amide bonds. The van der Waals surface area contributed by atoms with Crippen LogP contribution in [0.25, 0.3) is 0 Å². The number of hydrogen-bond acceptors (Lipinski definition) is 10. The molecule has 0 aromatic heterocycles. The minimum absolute atomic E-state index is 0.0105. The molecule has 0 radical (unpaired) electrons. The van der Waals surface area contributed by atoms with Crippen LogP contribution in [0.1, 0.15) is 341 Å². The first-order valence-corrected chi connectivity index (χ1v) is 34.6. The lowest BCUT2D eigenvalue weighted by atomic mass is 9.99. The molecule has 7 unspecified atom stereocenters.